The first kappa shape index (κ1) is 9.37. The zero-order valence-corrected chi connectivity index (χ0v) is 7.48. The molecule has 0 N–H and O–H groups in total. The lowest BCUT2D eigenvalue weighted by molar-refractivity contribution is -0.109. The third-order valence-electron chi connectivity index (χ3n) is 0.758. The Morgan fingerprint density at radius 1 is 1.56 bits per heavy atom. The summed E-state index contributed by atoms with van der Waals surface area (Å²) in [4.78, 5) is 10.3. The average molecular weight is 164 g/mol. The van der Waals surface area contributed by atoms with E-state index in [9.17, 15) is 4.79 Å². The normalized spacial score (nSPS) is 9.56. The standard InChI is InChI=1S/C6H12OS2/c1-3-4-5-8-9-6(2)7/h3-5H2,1-2H3. The van der Waals surface area contributed by atoms with Gasteiger partial charge in [0, 0.05) is 12.7 Å². The zero-order valence-electron chi connectivity index (χ0n) is 5.85. The quantitative estimate of drug-likeness (QED) is 0.470. The molecule has 0 fully saturated rings. The second kappa shape index (κ2) is 6.49. The second-order valence-electron chi connectivity index (χ2n) is 1.75. The summed E-state index contributed by atoms with van der Waals surface area (Å²) in [6.07, 6.45) is 2.43. The molecule has 0 bridgehead atoms. The van der Waals surface area contributed by atoms with E-state index in [2.05, 4.69) is 6.92 Å². The largest absolute Gasteiger partial charge is 0.287 e. The molecule has 0 aromatic rings. The van der Waals surface area contributed by atoms with Crippen LogP contribution < -0.4 is 0 Å². The molecule has 3 heteroatoms. The van der Waals surface area contributed by atoms with Crippen molar-refractivity contribution < 1.29 is 4.79 Å². The number of carbonyl (C=O) groups is 1. The van der Waals surface area contributed by atoms with Gasteiger partial charge in [-0.1, -0.05) is 24.1 Å². The van der Waals surface area contributed by atoms with Crippen molar-refractivity contribution >= 4 is 26.7 Å². The summed E-state index contributed by atoms with van der Waals surface area (Å²) in [5.41, 5.74) is 0. The topological polar surface area (TPSA) is 17.1 Å². The first-order chi connectivity index (χ1) is 4.27. The molecular weight excluding hydrogens is 152 g/mol. The maximum absolute atomic E-state index is 10.3. The van der Waals surface area contributed by atoms with E-state index in [0.29, 0.717) is 0 Å². The molecule has 0 spiro atoms. The van der Waals surface area contributed by atoms with Crippen molar-refractivity contribution in [1.29, 1.82) is 0 Å². The maximum atomic E-state index is 10.3. The van der Waals surface area contributed by atoms with Crippen LogP contribution >= 0.6 is 21.6 Å². The van der Waals surface area contributed by atoms with E-state index < -0.39 is 0 Å². The van der Waals surface area contributed by atoms with Gasteiger partial charge < -0.3 is 0 Å². The first-order valence-electron chi connectivity index (χ1n) is 3.07. The number of hydrogen-bond acceptors (Lipinski definition) is 3. The lowest BCUT2D eigenvalue weighted by Crippen LogP contribution is -1.77. The molecule has 0 heterocycles. The highest BCUT2D eigenvalue weighted by atomic mass is 33.1. The predicted octanol–water partition coefficient (Wildman–Crippen LogP) is 2.71. The van der Waals surface area contributed by atoms with Crippen molar-refractivity contribution in [2.24, 2.45) is 0 Å². The van der Waals surface area contributed by atoms with Crippen LogP contribution in [-0.4, -0.2) is 10.9 Å². The van der Waals surface area contributed by atoms with Gasteiger partial charge in [-0.2, -0.15) is 0 Å². The highest BCUT2D eigenvalue weighted by molar-refractivity contribution is 8.82. The first-order valence-corrected chi connectivity index (χ1v) is 5.39. The minimum absolute atomic E-state index is 0.205. The molecule has 54 valence electrons. The smallest absolute Gasteiger partial charge is 0.196 e. The summed E-state index contributed by atoms with van der Waals surface area (Å²) in [5, 5.41) is 0.205. The number of hydrogen-bond donors (Lipinski definition) is 0. The fraction of sp³-hybridized carbons (Fsp3) is 0.833. The molecule has 0 aliphatic heterocycles. The molecule has 0 aliphatic rings. The Morgan fingerprint density at radius 3 is 2.67 bits per heavy atom. The second-order valence-corrected chi connectivity index (χ2v) is 4.34. The molecule has 0 atom stereocenters. The van der Waals surface area contributed by atoms with Crippen molar-refractivity contribution in [1.82, 2.24) is 0 Å². The van der Waals surface area contributed by atoms with Crippen LogP contribution in [0.15, 0.2) is 0 Å². The number of rotatable bonds is 4. The van der Waals surface area contributed by atoms with Crippen molar-refractivity contribution in [3.63, 3.8) is 0 Å². The summed E-state index contributed by atoms with van der Waals surface area (Å²) in [6.45, 7) is 3.75. The molecule has 0 saturated carbocycles. The summed E-state index contributed by atoms with van der Waals surface area (Å²) in [5.74, 6) is 1.10. The van der Waals surface area contributed by atoms with Crippen LogP contribution in [0.5, 0.6) is 0 Å². The Bertz CT molecular complexity index is 83.1. The SMILES string of the molecule is CCCCSSC(C)=O. The van der Waals surface area contributed by atoms with Gasteiger partial charge in [0.05, 0.1) is 0 Å². The van der Waals surface area contributed by atoms with E-state index in [1.54, 1.807) is 17.7 Å². The molecule has 0 aromatic heterocycles. The number of carbonyl (C=O) groups excluding carboxylic acids is 1. The molecule has 0 aromatic carbocycles. The van der Waals surface area contributed by atoms with E-state index in [1.807, 2.05) is 0 Å². The van der Waals surface area contributed by atoms with Gasteiger partial charge in [0.25, 0.3) is 0 Å². The van der Waals surface area contributed by atoms with Gasteiger partial charge in [-0.15, -0.1) is 0 Å². The van der Waals surface area contributed by atoms with Crippen LogP contribution in [0.4, 0.5) is 0 Å². The number of unbranched alkanes of at least 4 members (excludes halogenated alkanes) is 1. The third kappa shape index (κ3) is 8.37. The van der Waals surface area contributed by atoms with Crippen molar-refractivity contribution in [2.75, 3.05) is 5.75 Å². The van der Waals surface area contributed by atoms with E-state index in [0.717, 1.165) is 5.75 Å². The minimum atomic E-state index is 0.205. The highest BCUT2D eigenvalue weighted by Crippen LogP contribution is 2.22. The van der Waals surface area contributed by atoms with Gasteiger partial charge in [0.2, 0.25) is 0 Å². The Morgan fingerprint density at radius 2 is 2.22 bits per heavy atom. The van der Waals surface area contributed by atoms with Crippen LogP contribution in [0, 0.1) is 0 Å². The van der Waals surface area contributed by atoms with E-state index in [-0.39, 0.29) is 5.12 Å². The summed E-state index contributed by atoms with van der Waals surface area (Å²) < 4.78 is 0. The molecule has 9 heavy (non-hydrogen) atoms. The minimum Gasteiger partial charge on any atom is -0.287 e. The molecule has 0 radical (unpaired) electrons. The van der Waals surface area contributed by atoms with E-state index >= 15 is 0 Å². The average Bonchev–Trinajstić information content (AvgIpc) is 1.80. The van der Waals surface area contributed by atoms with Gasteiger partial charge >= 0.3 is 0 Å². The molecular formula is C6H12OS2. The van der Waals surface area contributed by atoms with Gasteiger partial charge in [0.15, 0.2) is 5.12 Å². The van der Waals surface area contributed by atoms with Crippen molar-refractivity contribution in [2.45, 2.75) is 26.7 Å². The monoisotopic (exact) mass is 164 g/mol. The van der Waals surface area contributed by atoms with Gasteiger partial charge in [-0.05, 0) is 17.2 Å². The molecule has 0 unspecified atom stereocenters. The molecule has 0 saturated heterocycles. The molecule has 0 aliphatic carbocycles. The van der Waals surface area contributed by atoms with Gasteiger partial charge in [-0.25, -0.2) is 0 Å². The van der Waals surface area contributed by atoms with Gasteiger partial charge in [0.1, 0.15) is 0 Å². The lowest BCUT2D eigenvalue weighted by Gasteiger charge is -1.92. The Balaban J connectivity index is 2.83. The summed E-state index contributed by atoms with van der Waals surface area (Å²) >= 11 is 0. The zero-order chi connectivity index (χ0) is 7.11. The predicted molar refractivity (Wildman–Crippen MR) is 45.6 cm³/mol. The van der Waals surface area contributed by atoms with Crippen LogP contribution in [0.3, 0.4) is 0 Å². The fourth-order valence-electron chi connectivity index (χ4n) is 0.328. The van der Waals surface area contributed by atoms with Crippen LogP contribution in [0.2, 0.25) is 0 Å². The lowest BCUT2D eigenvalue weighted by atomic mass is 10.4. The van der Waals surface area contributed by atoms with Crippen LogP contribution in [0.1, 0.15) is 26.7 Å². The Hall–Kier alpha value is 0.370. The Labute approximate surface area is 64.4 Å². The van der Waals surface area contributed by atoms with Crippen LogP contribution in [0.25, 0.3) is 0 Å². The van der Waals surface area contributed by atoms with E-state index in [4.69, 9.17) is 0 Å². The molecule has 0 rings (SSSR count). The molecule has 0 amide bonds. The van der Waals surface area contributed by atoms with Crippen molar-refractivity contribution in [3.8, 4) is 0 Å². The van der Waals surface area contributed by atoms with Crippen molar-refractivity contribution in [3.05, 3.63) is 0 Å². The summed E-state index contributed by atoms with van der Waals surface area (Å²) in [7, 11) is 3.00. The maximum Gasteiger partial charge on any atom is 0.196 e. The van der Waals surface area contributed by atoms with Gasteiger partial charge in [-0.3, -0.25) is 4.79 Å². The van der Waals surface area contributed by atoms with E-state index in [1.165, 1.54) is 23.6 Å². The Kier molecular flexibility index (Phi) is 6.76. The summed E-state index contributed by atoms with van der Waals surface area (Å²) in [6, 6.07) is 0. The highest BCUT2D eigenvalue weighted by Gasteiger charge is 1.92. The van der Waals surface area contributed by atoms with Crippen LogP contribution in [-0.2, 0) is 4.79 Å². The fourth-order valence-corrected chi connectivity index (χ4v) is 2.09. The molecule has 1 nitrogen and oxygen atoms in total. The third-order valence-corrected chi connectivity index (χ3v) is 3.12.